The Labute approximate surface area is 190 Å². The van der Waals surface area contributed by atoms with Crippen LogP contribution in [0, 0.1) is 0 Å². The molecule has 1 aromatic heterocycles. The summed E-state index contributed by atoms with van der Waals surface area (Å²) in [5.41, 5.74) is -0.570. The lowest BCUT2D eigenvalue weighted by molar-refractivity contribution is -0.148. The van der Waals surface area contributed by atoms with Crippen molar-refractivity contribution in [1.29, 1.82) is 0 Å². The van der Waals surface area contributed by atoms with Crippen LogP contribution in [0.4, 0.5) is 0 Å². The number of fused-ring (bicyclic) bond motifs is 1. The number of rotatable bonds is 4. The van der Waals surface area contributed by atoms with Crippen LogP contribution in [-0.2, 0) is 10.4 Å². The molecule has 2 amide bonds. The standard InChI is InChI=1S/C25H24N2O6/c1-31-18-9-10-19-21(16-18)33-22(25(19,30)17-6-3-2-4-7-17)24(29)27-13-11-26(12-14-27)23(28)20-8-5-15-32-20/h2-10,15-16,22,30H,11-14H2,1H3/t22-,25-/m1/s1. The van der Waals surface area contributed by atoms with E-state index in [0.29, 0.717) is 48.8 Å². The number of hydrogen-bond donors (Lipinski definition) is 1. The molecule has 8 nitrogen and oxygen atoms in total. The lowest BCUT2D eigenvalue weighted by atomic mass is 9.82. The average molecular weight is 448 g/mol. The van der Waals surface area contributed by atoms with E-state index in [9.17, 15) is 14.7 Å². The number of carbonyl (C=O) groups excluding carboxylic acids is 2. The summed E-state index contributed by atoms with van der Waals surface area (Å²) in [6.07, 6.45) is 0.302. The van der Waals surface area contributed by atoms with Crippen LogP contribution < -0.4 is 9.47 Å². The maximum atomic E-state index is 13.6. The highest BCUT2D eigenvalue weighted by molar-refractivity contribution is 5.92. The third kappa shape index (κ3) is 3.52. The van der Waals surface area contributed by atoms with E-state index in [2.05, 4.69) is 0 Å². The number of methoxy groups -OCH3 is 1. The quantitative estimate of drug-likeness (QED) is 0.658. The Morgan fingerprint density at radius 2 is 1.73 bits per heavy atom. The highest BCUT2D eigenvalue weighted by atomic mass is 16.5. The Kier molecular flexibility index (Phi) is 5.30. The minimum Gasteiger partial charge on any atom is -0.497 e. The average Bonchev–Trinajstić information content (AvgIpc) is 3.51. The normalized spacial score (nSPS) is 21.9. The molecule has 0 aliphatic carbocycles. The van der Waals surface area contributed by atoms with Gasteiger partial charge in [-0.1, -0.05) is 30.3 Å². The Morgan fingerprint density at radius 3 is 2.39 bits per heavy atom. The second-order valence-corrected chi connectivity index (χ2v) is 8.09. The summed E-state index contributed by atoms with van der Waals surface area (Å²) in [4.78, 5) is 29.4. The summed E-state index contributed by atoms with van der Waals surface area (Å²) in [6, 6.07) is 17.5. The highest BCUT2D eigenvalue weighted by Gasteiger charge is 2.54. The minimum absolute atomic E-state index is 0.204. The monoisotopic (exact) mass is 448 g/mol. The van der Waals surface area contributed by atoms with Gasteiger partial charge in [0.2, 0.25) is 6.10 Å². The molecule has 2 aliphatic rings. The first-order chi connectivity index (χ1) is 16.0. The molecule has 170 valence electrons. The first kappa shape index (κ1) is 21.1. The van der Waals surface area contributed by atoms with Gasteiger partial charge in [-0.2, -0.15) is 0 Å². The van der Waals surface area contributed by atoms with E-state index in [1.807, 2.05) is 18.2 Å². The van der Waals surface area contributed by atoms with Gasteiger partial charge in [-0.3, -0.25) is 9.59 Å². The molecular weight excluding hydrogens is 424 g/mol. The molecule has 1 N–H and O–H groups in total. The van der Waals surface area contributed by atoms with Gasteiger partial charge in [-0.05, 0) is 29.8 Å². The van der Waals surface area contributed by atoms with E-state index in [1.165, 1.54) is 6.26 Å². The van der Waals surface area contributed by atoms with E-state index in [-0.39, 0.29) is 17.6 Å². The minimum atomic E-state index is -1.65. The third-order valence-corrected chi connectivity index (χ3v) is 6.27. The first-order valence-electron chi connectivity index (χ1n) is 10.8. The van der Waals surface area contributed by atoms with Crippen molar-refractivity contribution < 1.29 is 28.6 Å². The van der Waals surface area contributed by atoms with Crippen molar-refractivity contribution in [2.24, 2.45) is 0 Å². The van der Waals surface area contributed by atoms with Gasteiger partial charge in [0.1, 0.15) is 11.5 Å². The Balaban J connectivity index is 1.40. The molecular formula is C25H24N2O6. The van der Waals surface area contributed by atoms with Crippen molar-refractivity contribution in [2.75, 3.05) is 33.3 Å². The molecule has 0 spiro atoms. The summed E-state index contributed by atoms with van der Waals surface area (Å²) in [6.45, 7) is 1.39. The lowest BCUT2D eigenvalue weighted by Crippen LogP contribution is -2.57. The SMILES string of the molecule is COc1ccc2c(c1)O[C@H](C(=O)N1CCN(C(=O)c3ccco3)CC1)[C@@]2(O)c1ccccc1. The molecule has 1 fully saturated rings. The van der Waals surface area contributed by atoms with Crippen molar-refractivity contribution in [3.8, 4) is 11.5 Å². The number of amides is 2. The molecule has 0 unspecified atom stereocenters. The van der Waals surface area contributed by atoms with Gasteiger partial charge < -0.3 is 28.8 Å². The third-order valence-electron chi connectivity index (χ3n) is 6.27. The van der Waals surface area contributed by atoms with Crippen molar-refractivity contribution in [2.45, 2.75) is 11.7 Å². The smallest absolute Gasteiger partial charge is 0.289 e. The van der Waals surface area contributed by atoms with E-state index >= 15 is 0 Å². The van der Waals surface area contributed by atoms with Crippen LogP contribution in [0.2, 0.25) is 0 Å². The van der Waals surface area contributed by atoms with Crippen molar-refractivity contribution in [3.05, 3.63) is 83.8 Å². The Hall–Kier alpha value is -3.78. The molecule has 1 saturated heterocycles. The van der Waals surface area contributed by atoms with Crippen LogP contribution in [-0.4, -0.2) is 66.1 Å². The summed E-state index contributed by atoms with van der Waals surface area (Å²) in [7, 11) is 1.55. The van der Waals surface area contributed by atoms with Gasteiger partial charge >= 0.3 is 0 Å². The predicted molar refractivity (Wildman–Crippen MR) is 118 cm³/mol. The molecule has 2 atom stereocenters. The van der Waals surface area contributed by atoms with E-state index < -0.39 is 11.7 Å². The Bertz CT molecular complexity index is 1150. The predicted octanol–water partition coefficient (Wildman–Crippen LogP) is 2.27. The van der Waals surface area contributed by atoms with Crippen LogP contribution in [0.25, 0.3) is 0 Å². The molecule has 8 heteroatoms. The van der Waals surface area contributed by atoms with Crippen molar-refractivity contribution in [1.82, 2.24) is 9.80 Å². The van der Waals surface area contributed by atoms with Gasteiger partial charge in [0.05, 0.1) is 13.4 Å². The van der Waals surface area contributed by atoms with Gasteiger partial charge in [-0.15, -0.1) is 0 Å². The second-order valence-electron chi connectivity index (χ2n) is 8.09. The van der Waals surface area contributed by atoms with E-state index in [1.54, 1.807) is 59.4 Å². The lowest BCUT2D eigenvalue weighted by Gasteiger charge is -2.37. The number of furan rings is 1. The number of hydrogen-bond acceptors (Lipinski definition) is 6. The molecule has 0 radical (unpaired) electrons. The Morgan fingerprint density at radius 1 is 1.00 bits per heavy atom. The van der Waals surface area contributed by atoms with E-state index in [4.69, 9.17) is 13.9 Å². The van der Waals surface area contributed by atoms with Crippen LogP contribution >= 0.6 is 0 Å². The van der Waals surface area contributed by atoms with Crippen LogP contribution in [0.3, 0.4) is 0 Å². The molecule has 3 heterocycles. The number of carbonyl (C=O) groups is 2. The molecule has 2 aliphatic heterocycles. The fraction of sp³-hybridized carbons (Fsp3) is 0.280. The van der Waals surface area contributed by atoms with E-state index in [0.717, 1.165) is 0 Å². The maximum Gasteiger partial charge on any atom is 0.289 e. The van der Waals surface area contributed by atoms with Gasteiger partial charge in [0, 0.05) is 37.8 Å². The van der Waals surface area contributed by atoms with Gasteiger partial charge in [0.25, 0.3) is 11.8 Å². The zero-order valence-corrected chi connectivity index (χ0v) is 18.1. The van der Waals surface area contributed by atoms with Crippen LogP contribution in [0.5, 0.6) is 11.5 Å². The maximum absolute atomic E-state index is 13.6. The highest BCUT2D eigenvalue weighted by Crippen LogP contribution is 2.47. The zero-order chi connectivity index (χ0) is 23.0. The van der Waals surface area contributed by atoms with Crippen LogP contribution in [0.1, 0.15) is 21.7 Å². The number of nitrogens with zero attached hydrogens (tertiary/aromatic N) is 2. The summed E-state index contributed by atoms with van der Waals surface area (Å²) in [5, 5.41) is 11.9. The number of benzene rings is 2. The fourth-order valence-corrected chi connectivity index (χ4v) is 4.48. The summed E-state index contributed by atoms with van der Waals surface area (Å²) in [5.74, 6) is 0.718. The van der Waals surface area contributed by atoms with Gasteiger partial charge in [0.15, 0.2) is 11.4 Å². The van der Waals surface area contributed by atoms with Crippen LogP contribution in [0.15, 0.2) is 71.3 Å². The van der Waals surface area contributed by atoms with Crippen molar-refractivity contribution >= 4 is 11.8 Å². The number of ether oxygens (including phenoxy) is 2. The zero-order valence-electron chi connectivity index (χ0n) is 18.1. The number of piperazine rings is 1. The summed E-state index contributed by atoms with van der Waals surface area (Å²) >= 11 is 0. The van der Waals surface area contributed by atoms with Gasteiger partial charge in [-0.25, -0.2) is 0 Å². The first-order valence-corrected chi connectivity index (χ1v) is 10.8. The molecule has 0 saturated carbocycles. The fourth-order valence-electron chi connectivity index (χ4n) is 4.48. The second kappa shape index (κ2) is 8.29. The molecule has 2 aromatic carbocycles. The molecule has 5 rings (SSSR count). The topological polar surface area (TPSA) is 92.5 Å². The number of aliphatic hydroxyl groups is 1. The molecule has 3 aromatic rings. The largest absolute Gasteiger partial charge is 0.497 e. The molecule has 0 bridgehead atoms. The summed E-state index contributed by atoms with van der Waals surface area (Å²) < 4.78 is 16.5. The van der Waals surface area contributed by atoms with Crippen molar-refractivity contribution in [3.63, 3.8) is 0 Å². The molecule has 33 heavy (non-hydrogen) atoms.